The molecule has 32 heavy (non-hydrogen) atoms. The van der Waals surface area contributed by atoms with E-state index in [1.165, 1.54) is 11.7 Å². The maximum atomic E-state index is 12.3. The molecule has 0 spiro atoms. The summed E-state index contributed by atoms with van der Waals surface area (Å²) in [4.78, 5) is 12.3. The minimum atomic E-state index is -0.393. The van der Waals surface area contributed by atoms with E-state index in [0.717, 1.165) is 21.7 Å². The number of benzene rings is 2. The van der Waals surface area contributed by atoms with Crippen LogP contribution in [0.4, 0.5) is 0 Å². The maximum Gasteiger partial charge on any atom is 0.368 e. The molecule has 10 nitrogen and oxygen atoms in total. The predicted molar refractivity (Wildman–Crippen MR) is 118 cm³/mol. The average Bonchev–Trinajstić information content (AvgIpc) is 3.17. The Morgan fingerprint density at radius 1 is 1.22 bits per heavy atom. The lowest BCUT2D eigenvalue weighted by Gasteiger charge is -2.18. The van der Waals surface area contributed by atoms with Crippen LogP contribution in [0.3, 0.4) is 0 Å². The molecule has 0 amide bonds. The monoisotopic (exact) mass is 436 g/mol. The molecular weight excluding hydrogens is 412 g/mol. The number of nitrogens with zero attached hydrogens (tertiary/aromatic N) is 6. The molecule has 1 aliphatic heterocycles. The Bertz CT molecular complexity index is 1230. The Balaban J connectivity index is 1.60. The van der Waals surface area contributed by atoms with Gasteiger partial charge in [0.25, 0.3) is 0 Å². The molecule has 0 aliphatic carbocycles. The number of rotatable bonds is 6. The first-order chi connectivity index (χ1) is 15.6. The van der Waals surface area contributed by atoms with Gasteiger partial charge in [-0.3, -0.25) is 0 Å². The molecular formula is C22H24N6O4. The summed E-state index contributed by atoms with van der Waals surface area (Å²) in [7, 11) is 1.52. The fourth-order valence-corrected chi connectivity index (χ4v) is 3.40. The van der Waals surface area contributed by atoms with Crippen LogP contribution in [0.25, 0.3) is 5.69 Å². The van der Waals surface area contributed by atoms with E-state index >= 15 is 0 Å². The lowest BCUT2D eigenvalue weighted by atomic mass is 10.0. The highest BCUT2D eigenvalue weighted by Gasteiger charge is 2.17. The highest BCUT2D eigenvalue weighted by molar-refractivity contribution is 6.03. The van der Waals surface area contributed by atoms with Crippen LogP contribution in [0.2, 0.25) is 0 Å². The van der Waals surface area contributed by atoms with Crippen molar-refractivity contribution in [3.63, 3.8) is 0 Å². The normalized spacial score (nSPS) is 14.8. The van der Waals surface area contributed by atoms with Gasteiger partial charge < -0.3 is 14.6 Å². The molecule has 1 aromatic heterocycles. The van der Waals surface area contributed by atoms with Crippen molar-refractivity contribution in [3.8, 4) is 11.4 Å². The largest absolute Gasteiger partial charge is 0.492 e. The van der Waals surface area contributed by atoms with Gasteiger partial charge in [-0.05, 0) is 34.2 Å². The van der Waals surface area contributed by atoms with Crippen molar-refractivity contribution in [2.24, 2.45) is 17.3 Å². The van der Waals surface area contributed by atoms with Crippen LogP contribution in [-0.2, 0) is 25.0 Å². The summed E-state index contributed by atoms with van der Waals surface area (Å²) in [6.07, 6.45) is 1.18. The minimum absolute atomic E-state index is 0.0896. The van der Waals surface area contributed by atoms with Crippen molar-refractivity contribution in [1.29, 1.82) is 0 Å². The molecule has 3 aromatic rings. The van der Waals surface area contributed by atoms with Gasteiger partial charge in [0.15, 0.2) is 0 Å². The van der Waals surface area contributed by atoms with E-state index in [2.05, 4.69) is 20.6 Å². The fourth-order valence-electron chi connectivity index (χ4n) is 3.40. The summed E-state index contributed by atoms with van der Waals surface area (Å²) in [5.41, 5.74) is 3.12. The minimum Gasteiger partial charge on any atom is -0.492 e. The molecule has 10 heteroatoms. The highest BCUT2D eigenvalue weighted by atomic mass is 16.5. The van der Waals surface area contributed by atoms with Crippen molar-refractivity contribution in [2.75, 3.05) is 6.61 Å². The molecule has 166 valence electrons. The van der Waals surface area contributed by atoms with E-state index in [4.69, 9.17) is 9.47 Å². The maximum absolute atomic E-state index is 12.3. The summed E-state index contributed by atoms with van der Waals surface area (Å²) in [5, 5.41) is 26.2. The van der Waals surface area contributed by atoms with Crippen LogP contribution in [-0.4, -0.2) is 43.1 Å². The molecule has 0 bridgehead atoms. The van der Waals surface area contributed by atoms with E-state index in [1.807, 2.05) is 31.2 Å². The summed E-state index contributed by atoms with van der Waals surface area (Å²) in [5.74, 6) is 1.23. The molecule has 0 atom stereocenters. The first-order valence-electron chi connectivity index (χ1n) is 10.3. The number of fused-ring (bicyclic) bond motifs is 1. The number of hydrogen-bond donors (Lipinski definition) is 1. The van der Waals surface area contributed by atoms with Crippen LogP contribution < -0.4 is 10.4 Å². The third-order valence-electron chi connectivity index (χ3n) is 5.13. The smallest absolute Gasteiger partial charge is 0.368 e. The number of aliphatic hydroxyl groups is 1. The van der Waals surface area contributed by atoms with Crippen molar-refractivity contribution in [2.45, 2.75) is 33.0 Å². The van der Waals surface area contributed by atoms with Crippen LogP contribution in [0.1, 0.15) is 36.5 Å². The lowest BCUT2D eigenvalue weighted by molar-refractivity contribution is 0.261. The molecule has 0 saturated heterocycles. The quantitative estimate of drug-likeness (QED) is 0.359. The average molecular weight is 436 g/mol. The molecule has 0 fully saturated rings. The Morgan fingerprint density at radius 3 is 2.81 bits per heavy atom. The van der Waals surface area contributed by atoms with Crippen molar-refractivity contribution < 1.29 is 14.6 Å². The van der Waals surface area contributed by atoms with Gasteiger partial charge in [0, 0.05) is 31.0 Å². The number of aliphatic hydroxyl groups excluding tert-OH is 1. The van der Waals surface area contributed by atoms with Gasteiger partial charge in [0.1, 0.15) is 12.4 Å². The lowest BCUT2D eigenvalue weighted by Crippen LogP contribution is -2.23. The van der Waals surface area contributed by atoms with Crippen LogP contribution in [0.5, 0.6) is 5.75 Å². The number of ether oxygens (including phenoxy) is 2. The van der Waals surface area contributed by atoms with Gasteiger partial charge in [-0.25, -0.2) is 4.79 Å². The topological polar surface area (TPSA) is 116 Å². The second kappa shape index (κ2) is 9.56. The standard InChI is InChI=1S/C22H24N6O4/c1-3-21(24-23-18-11-12-31-20-10-5-4-8-16(18)20)32-14-17-15(13-29)7-6-9-19(17)28-22(30)27(2)25-26-28/h4-10,29H,3,11-14H2,1-2H3. The highest BCUT2D eigenvalue weighted by Crippen LogP contribution is 2.24. The number of para-hydroxylation sites is 1. The van der Waals surface area contributed by atoms with E-state index in [9.17, 15) is 9.90 Å². The molecule has 1 aliphatic rings. The number of hydrogen-bond acceptors (Lipinski definition) is 8. The third kappa shape index (κ3) is 4.30. The zero-order valence-electron chi connectivity index (χ0n) is 17.9. The number of tetrazole rings is 1. The number of aromatic nitrogens is 4. The summed E-state index contributed by atoms with van der Waals surface area (Å²) < 4.78 is 13.9. The van der Waals surface area contributed by atoms with Gasteiger partial charge in [-0.1, -0.05) is 31.2 Å². The molecule has 0 unspecified atom stereocenters. The Labute approximate surface area is 184 Å². The summed E-state index contributed by atoms with van der Waals surface area (Å²) >= 11 is 0. The molecule has 4 rings (SSSR count). The SMILES string of the molecule is CCC(=NN=C1CCOc2ccccc21)OCc1c(CO)cccc1-n1nnn(C)c1=O. The van der Waals surface area contributed by atoms with E-state index in [1.54, 1.807) is 18.2 Å². The van der Waals surface area contributed by atoms with Crippen LogP contribution >= 0.6 is 0 Å². The van der Waals surface area contributed by atoms with Crippen LogP contribution in [0, 0.1) is 0 Å². The van der Waals surface area contributed by atoms with E-state index in [-0.39, 0.29) is 13.2 Å². The molecule has 2 heterocycles. The first kappa shape index (κ1) is 21.4. The molecule has 0 radical (unpaired) electrons. The predicted octanol–water partition coefficient (Wildman–Crippen LogP) is 1.97. The summed E-state index contributed by atoms with van der Waals surface area (Å²) in [6.45, 7) is 2.35. The van der Waals surface area contributed by atoms with Crippen molar-refractivity contribution in [1.82, 2.24) is 19.8 Å². The van der Waals surface area contributed by atoms with Crippen molar-refractivity contribution >= 4 is 11.6 Å². The molecule has 1 N–H and O–H groups in total. The Morgan fingerprint density at radius 2 is 2.06 bits per heavy atom. The first-order valence-corrected chi connectivity index (χ1v) is 10.3. The molecule has 2 aromatic carbocycles. The zero-order valence-corrected chi connectivity index (χ0v) is 17.9. The van der Waals surface area contributed by atoms with E-state index < -0.39 is 5.69 Å². The Kier molecular flexibility index (Phi) is 6.41. The van der Waals surface area contributed by atoms with Crippen molar-refractivity contribution in [3.05, 3.63) is 69.6 Å². The zero-order chi connectivity index (χ0) is 22.5. The fraction of sp³-hybridized carbons (Fsp3) is 0.318. The van der Waals surface area contributed by atoms with Gasteiger partial charge in [-0.2, -0.15) is 14.5 Å². The van der Waals surface area contributed by atoms with E-state index in [0.29, 0.717) is 42.2 Å². The number of aryl methyl sites for hydroxylation is 1. The van der Waals surface area contributed by atoms with Gasteiger partial charge in [0.05, 0.1) is 24.6 Å². The Hall–Kier alpha value is -3.79. The summed E-state index contributed by atoms with van der Waals surface area (Å²) in [6, 6.07) is 13.0. The second-order valence-corrected chi connectivity index (χ2v) is 7.15. The van der Waals surface area contributed by atoms with Gasteiger partial charge in [-0.15, -0.1) is 5.10 Å². The van der Waals surface area contributed by atoms with Gasteiger partial charge in [0.2, 0.25) is 5.90 Å². The third-order valence-corrected chi connectivity index (χ3v) is 5.13. The second-order valence-electron chi connectivity index (χ2n) is 7.15. The van der Waals surface area contributed by atoms with Crippen LogP contribution in [0.15, 0.2) is 57.5 Å². The molecule has 0 saturated carbocycles. The van der Waals surface area contributed by atoms with Gasteiger partial charge >= 0.3 is 5.69 Å².